The molecule has 3 heterocycles. The molecule has 1 N–H and O–H groups in total. The van der Waals surface area contributed by atoms with Crippen LogP contribution in [-0.2, 0) is 16.4 Å². The summed E-state index contributed by atoms with van der Waals surface area (Å²) in [4.78, 5) is 28.0. The van der Waals surface area contributed by atoms with Crippen molar-refractivity contribution in [3.63, 3.8) is 0 Å². The Morgan fingerprint density at radius 1 is 1.37 bits per heavy atom. The van der Waals surface area contributed by atoms with Gasteiger partial charge in [-0.2, -0.15) is 0 Å². The molecule has 2 atom stereocenters. The Morgan fingerprint density at radius 2 is 2.07 bits per heavy atom. The van der Waals surface area contributed by atoms with E-state index in [1.807, 2.05) is 4.57 Å². The van der Waals surface area contributed by atoms with Gasteiger partial charge >= 0.3 is 0 Å². The molecule has 0 saturated carbocycles. The van der Waals surface area contributed by atoms with E-state index in [4.69, 9.17) is 0 Å². The molecule has 0 aliphatic carbocycles. The summed E-state index contributed by atoms with van der Waals surface area (Å²) < 4.78 is 25.6. The number of thioether (sulfide) groups is 1. The molecule has 0 bridgehead atoms. The lowest BCUT2D eigenvalue weighted by Crippen LogP contribution is -2.17. The van der Waals surface area contributed by atoms with Crippen LogP contribution in [0.4, 0.5) is 0 Å². The number of aromatic amines is 1. The molecule has 2 aromatic heterocycles. The van der Waals surface area contributed by atoms with Crippen LogP contribution >= 0.6 is 11.8 Å². The van der Waals surface area contributed by atoms with E-state index in [2.05, 4.69) is 21.8 Å². The molecule has 2 aromatic rings. The number of sulfone groups is 1. The minimum Gasteiger partial charge on any atom is -0.355 e. The molecule has 2 unspecified atom stereocenters. The number of carbonyl (C=O) groups excluding carboxylic acids is 2. The predicted molar refractivity (Wildman–Crippen MR) is 116 cm³/mol. The molecular weight excluding hydrogens is 424 g/mol. The van der Waals surface area contributed by atoms with Crippen LogP contribution in [0.2, 0.25) is 0 Å². The maximum Gasteiger partial charge on any atom is 0.192 e. The van der Waals surface area contributed by atoms with Crippen LogP contribution in [0.3, 0.4) is 0 Å². The van der Waals surface area contributed by atoms with Gasteiger partial charge in [-0.25, -0.2) is 8.42 Å². The molecule has 1 fully saturated rings. The van der Waals surface area contributed by atoms with Crippen molar-refractivity contribution in [2.24, 2.45) is 0 Å². The molecular formula is C20H26N4O4S2. The maximum absolute atomic E-state index is 13.1. The summed E-state index contributed by atoms with van der Waals surface area (Å²) in [5.41, 5.74) is 2.31. The van der Waals surface area contributed by atoms with E-state index < -0.39 is 15.1 Å². The summed E-state index contributed by atoms with van der Waals surface area (Å²) in [5.74, 6) is 0.419. The van der Waals surface area contributed by atoms with E-state index in [9.17, 15) is 18.0 Å². The van der Waals surface area contributed by atoms with E-state index in [0.717, 1.165) is 0 Å². The van der Waals surface area contributed by atoms with Gasteiger partial charge in [0, 0.05) is 23.7 Å². The highest BCUT2D eigenvalue weighted by Crippen LogP contribution is 2.32. The molecule has 8 nitrogen and oxygen atoms in total. The van der Waals surface area contributed by atoms with Crippen LogP contribution in [0.15, 0.2) is 17.8 Å². The molecule has 0 spiro atoms. The van der Waals surface area contributed by atoms with Gasteiger partial charge in [0.1, 0.15) is 5.82 Å². The first-order chi connectivity index (χ1) is 14.1. The van der Waals surface area contributed by atoms with Gasteiger partial charge in [-0.05, 0) is 39.7 Å². The molecule has 162 valence electrons. The summed E-state index contributed by atoms with van der Waals surface area (Å²) >= 11 is 1.26. The standard InChI is InChI=1S/C20H26N4O4S2/c1-6-8-24-19(15-7-9-30(27,28)10-15)22-23-20(24)29-14(5)18(26)17-11(2)16(13(4)25)12(3)21-17/h6,14-15,21H,1,7-10H2,2-5H3. The Hall–Kier alpha value is -2.20. The van der Waals surface area contributed by atoms with Gasteiger partial charge in [0.2, 0.25) is 0 Å². The van der Waals surface area contributed by atoms with Crippen molar-refractivity contribution in [1.82, 2.24) is 19.7 Å². The lowest BCUT2D eigenvalue weighted by Gasteiger charge is -2.13. The number of rotatable bonds is 8. The van der Waals surface area contributed by atoms with E-state index in [1.54, 1.807) is 26.8 Å². The third-order valence-electron chi connectivity index (χ3n) is 5.34. The van der Waals surface area contributed by atoms with Gasteiger partial charge in [0.15, 0.2) is 26.6 Å². The zero-order valence-electron chi connectivity index (χ0n) is 17.6. The molecule has 30 heavy (non-hydrogen) atoms. The topological polar surface area (TPSA) is 115 Å². The highest BCUT2D eigenvalue weighted by Gasteiger charge is 2.34. The third kappa shape index (κ3) is 4.29. The number of aromatic nitrogens is 4. The summed E-state index contributed by atoms with van der Waals surface area (Å²) in [6.45, 7) is 11.0. The largest absolute Gasteiger partial charge is 0.355 e. The number of nitrogens with zero attached hydrogens (tertiary/aromatic N) is 3. The molecule has 3 rings (SSSR count). The van der Waals surface area contributed by atoms with Crippen LogP contribution in [0, 0.1) is 13.8 Å². The Balaban J connectivity index is 1.86. The number of nitrogens with one attached hydrogen (secondary N) is 1. The summed E-state index contributed by atoms with van der Waals surface area (Å²) in [6.07, 6.45) is 2.22. The Kier molecular flexibility index (Phi) is 6.37. The monoisotopic (exact) mass is 450 g/mol. The molecule has 0 radical (unpaired) electrons. The molecule has 1 saturated heterocycles. The molecule has 1 aliphatic rings. The second kappa shape index (κ2) is 8.50. The van der Waals surface area contributed by atoms with Crippen LogP contribution < -0.4 is 0 Å². The minimum absolute atomic E-state index is 0.0657. The lowest BCUT2D eigenvalue weighted by atomic mass is 10.0. The van der Waals surface area contributed by atoms with Crippen LogP contribution in [-0.4, -0.2) is 56.5 Å². The first-order valence-electron chi connectivity index (χ1n) is 9.71. The van der Waals surface area contributed by atoms with Crippen molar-refractivity contribution >= 4 is 33.2 Å². The Labute approximate surface area is 180 Å². The van der Waals surface area contributed by atoms with Gasteiger partial charge in [-0.3, -0.25) is 9.59 Å². The van der Waals surface area contributed by atoms with Crippen molar-refractivity contribution in [3.05, 3.63) is 41.0 Å². The van der Waals surface area contributed by atoms with Crippen LogP contribution in [0.5, 0.6) is 0 Å². The van der Waals surface area contributed by atoms with Crippen molar-refractivity contribution in [2.75, 3.05) is 11.5 Å². The second-order valence-electron chi connectivity index (χ2n) is 7.65. The first kappa shape index (κ1) is 22.5. The summed E-state index contributed by atoms with van der Waals surface area (Å²) in [6, 6.07) is 0. The number of allylic oxidation sites excluding steroid dienone is 1. The number of aryl methyl sites for hydroxylation is 1. The number of hydrogen-bond donors (Lipinski definition) is 1. The highest BCUT2D eigenvalue weighted by atomic mass is 32.2. The molecule has 0 amide bonds. The number of carbonyl (C=O) groups is 2. The van der Waals surface area contributed by atoms with E-state index >= 15 is 0 Å². The first-order valence-corrected chi connectivity index (χ1v) is 12.4. The van der Waals surface area contributed by atoms with Gasteiger partial charge < -0.3 is 9.55 Å². The van der Waals surface area contributed by atoms with E-state index in [0.29, 0.717) is 46.5 Å². The second-order valence-corrected chi connectivity index (χ2v) is 11.2. The van der Waals surface area contributed by atoms with Gasteiger partial charge in [0.25, 0.3) is 0 Å². The van der Waals surface area contributed by atoms with Gasteiger partial charge in [-0.1, -0.05) is 17.8 Å². The summed E-state index contributed by atoms with van der Waals surface area (Å²) in [5, 5.41) is 8.54. The fraction of sp³-hybridized carbons (Fsp3) is 0.500. The van der Waals surface area contributed by atoms with E-state index in [-0.39, 0.29) is 29.0 Å². The van der Waals surface area contributed by atoms with Crippen molar-refractivity contribution in [3.8, 4) is 0 Å². The fourth-order valence-corrected chi connectivity index (χ4v) is 6.59. The van der Waals surface area contributed by atoms with E-state index in [1.165, 1.54) is 18.7 Å². The maximum atomic E-state index is 13.1. The quantitative estimate of drug-likeness (QED) is 0.373. The zero-order chi connectivity index (χ0) is 22.2. The third-order valence-corrected chi connectivity index (χ3v) is 8.19. The Morgan fingerprint density at radius 3 is 2.60 bits per heavy atom. The molecule has 0 aromatic carbocycles. The fourth-order valence-electron chi connectivity index (χ4n) is 3.93. The number of ketones is 2. The average molecular weight is 451 g/mol. The molecule has 1 aliphatic heterocycles. The highest BCUT2D eigenvalue weighted by molar-refractivity contribution is 8.00. The van der Waals surface area contributed by atoms with Crippen LogP contribution in [0.25, 0.3) is 0 Å². The minimum atomic E-state index is -3.05. The normalized spacial score (nSPS) is 19.0. The lowest BCUT2D eigenvalue weighted by molar-refractivity contribution is 0.0988. The summed E-state index contributed by atoms with van der Waals surface area (Å²) in [7, 11) is -3.05. The van der Waals surface area contributed by atoms with Crippen molar-refractivity contribution < 1.29 is 18.0 Å². The smallest absolute Gasteiger partial charge is 0.192 e. The SMILES string of the molecule is C=CCn1c(SC(C)C(=O)c2[nH]c(C)c(C(C)=O)c2C)nnc1C1CCS(=O)(=O)C1. The predicted octanol–water partition coefficient (Wildman–Crippen LogP) is 2.88. The van der Waals surface area contributed by atoms with Crippen molar-refractivity contribution in [1.29, 1.82) is 0 Å². The zero-order valence-corrected chi connectivity index (χ0v) is 19.2. The average Bonchev–Trinajstić information content (AvgIpc) is 3.30. The Bertz CT molecular complexity index is 1110. The molecule has 10 heteroatoms. The number of hydrogen-bond acceptors (Lipinski definition) is 7. The van der Waals surface area contributed by atoms with Crippen LogP contribution in [0.1, 0.15) is 64.1 Å². The number of H-pyrrole nitrogens is 1. The number of Topliss-reactive ketones (excluding diaryl/α,β-unsaturated/α-hetero) is 2. The van der Waals surface area contributed by atoms with Crippen molar-refractivity contribution in [2.45, 2.75) is 57.0 Å². The van der Waals surface area contributed by atoms with Gasteiger partial charge in [0.05, 0.1) is 22.4 Å². The van der Waals surface area contributed by atoms with Gasteiger partial charge in [-0.15, -0.1) is 16.8 Å².